The average Bonchev–Trinajstić information content (AvgIpc) is 2.46. The van der Waals surface area contributed by atoms with Crippen LogP contribution in [-0.2, 0) is 0 Å². The molecule has 0 aliphatic rings. The summed E-state index contributed by atoms with van der Waals surface area (Å²) < 4.78 is 6.49. The van der Waals surface area contributed by atoms with Crippen molar-refractivity contribution in [3.05, 3.63) is 11.8 Å². The summed E-state index contributed by atoms with van der Waals surface area (Å²) in [5, 5.41) is 12.7. The Morgan fingerprint density at radius 3 is 2.69 bits per heavy atom. The van der Waals surface area contributed by atoms with E-state index in [1.165, 1.54) is 18.0 Å². The third kappa shape index (κ3) is 1.63. The third-order valence-corrected chi connectivity index (χ3v) is 1.66. The molecule has 0 spiro atoms. The highest BCUT2D eigenvalue weighted by atomic mass is 16.5. The Kier molecular flexibility index (Phi) is 2.55. The lowest BCUT2D eigenvalue weighted by molar-refractivity contribution is 0.0692. The SMILES string of the molecule is COc1c(C(=O)O)cnn1C(C)C. The minimum absolute atomic E-state index is 0.0862. The highest BCUT2D eigenvalue weighted by Gasteiger charge is 2.18. The Bertz CT molecular complexity index is 317. The molecule has 1 aromatic heterocycles. The molecule has 0 amide bonds. The Hall–Kier alpha value is -1.52. The molecule has 0 bridgehead atoms. The number of carboxylic acids is 1. The molecule has 0 radical (unpaired) electrons. The molecule has 0 aromatic carbocycles. The first-order valence-electron chi connectivity index (χ1n) is 3.92. The van der Waals surface area contributed by atoms with Gasteiger partial charge < -0.3 is 9.84 Å². The minimum atomic E-state index is -1.02. The molecule has 0 unspecified atom stereocenters. The zero-order valence-electron chi connectivity index (χ0n) is 7.81. The normalized spacial score (nSPS) is 10.5. The van der Waals surface area contributed by atoms with E-state index in [2.05, 4.69) is 5.10 Å². The number of carboxylic acid groups (broad SMARTS) is 1. The van der Waals surface area contributed by atoms with Crippen molar-refractivity contribution in [2.75, 3.05) is 7.11 Å². The van der Waals surface area contributed by atoms with Crippen LogP contribution in [-0.4, -0.2) is 28.0 Å². The van der Waals surface area contributed by atoms with Gasteiger partial charge in [-0.05, 0) is 13.8 Å². The molecule has 0 saturated heterocycles. The van der Waals surface area contributed by atoms with Crippen molar-refractivity contribution in [2.45, 2.75) is 19.9 Å². The number of hydrogen-bond acceptors (Lipinski definition) is 3. The molecule has 0 saturated carbocycles. The van der Waals surface area contributed by atoms with Crippen molar-refractivity contribution < 1.29 is 14.6 Å². The predicted molar refractivity (Wildman–Crippen MR) is 46.1 cm³/mol. The van der Waals surface area contributed by atoms with Crippen LogP contribution >= 0.6 is 0 Å². The molecule has 72 valence electrons. The van der Waals surface area contributed by atoms with Crippen molar-refractivity contribution in [3.63, 3.8) is 0 Å². The lowest BCUT2D eigenvalue weighted by atomic mass is 10.3. The van der Waals surface area contributed by atoms with Crippen molar-refractivity contribution in [1.82, 2.24) is 9.78 Å². The van der Waals surface area contributed by atoms with E-state index in [9.17, 15) is 4.79 Å². The fraction of sp³-hybridized carbons (Fsp3) is 0.500. The summed E-state index contributed by atoms with van der Waals surface area (Å²) in [5.74, 6) is -0.730. The number of nitrogens with zero attached hydrogens (tertiary/aromatic N) is 2. The molecular formula is C8H12N2O3. The van der Waals surface area contributed by atoms with Gasteiger partial charge in [-0.25, -0.2) is 9.48 Å². The van der Waals surface area contributed by atoms with Crippen molar-refractivity contribution >= 4 is 5.97 Å². The van der Waals surface area contributed by atoms with Gasteiger partial charge in [-0.2, -0.15) is 5.10 Å². The molecule has 0 atom stereocenters. The van der Waals surface area contributed by atoms with Crippen LogP contribution in [0.2, 0.25) is 0 Å². The molecule has 1 heterocycles. The van der Waals surface area contributed by atoms with Crippen LogP contribution in [0.4, 0.5) is 0 Å². The van der Waals surface area contributed by atoms with Crippen molar-refractivity contribution in [1.29, 1.82) is 0 Å². The fourth-order valence-corrected chi connectivity index (χ4v) is 1.07. The van der Waals surface area contributed by atoms with E-state index < -0.39 is 5.97 Å². The van der Waals surface area contributed by atoms with E-state index in [4.69, 9.17) is 9.84 Å². The largest absolute Gasteiger partial charge is 0.481 e. The first-order valence-corrected chi connectivity index (χ1v) is 3.92. The zero-order valence-corrected chi connectivity index (χ0v) is 7.81. The lowest BCUT2D eigenvalue weighted by Crippen LogP contribution is -2.06. The van der Waals surface area contributed by atoms with Crippen LogP contribution in [0.25, 0.3) is 0 Å². The summed E-state index contributed by atoms with van der Waals surface area (Å²) in [7, 11) is 1.43. The van der Waals surface area contributed by atoms with Crippen LogP contribution in [0.1, 0.15) is 30.2 Å². The van der Waals surface area contributed by atoms with E-state index >= 15 is 0 Å². The maximum absolute atomic E-state index is 10.7. The molecule has 5 heteroatoms. The smallest absolute Gasteiger partial charge is 0.342 e. The molecule has 0 aliphatic carbocycles. The molecule has 1 N–H and O–H groups in total. The van der Waals surface area contributed by atoms with Crippen molar-refractivity contribution in [2.24, 2.45) is 0 Å². The summed E-state index contributed by atoms with van der Waals surface area (Å²) in [6, 6.07) is 0.0862. The van der Waals surface area contributed by atoms with E-state index in [-0.39, 0.29) is 11.6 Å². The molecule has 5 nitrogen and oxygen atoms in total. The quantitative estimate of drug-likeness (QED) is 0.765. The van der Waals surface area contributed by atoms with Gasteiger partial charge in [0.05, 0.1) is 19.3 Å². The maximum Gasteiger partial charge on any atom is 0.342 e. The third-order valence-electron chi connectivity index (χ3n) is 1.66. The first-order chi connectivity index (χ1) is 6.07. The van der Waals surface area contributed by atoms with Gasteiger partial charge in [0, 0.05) is 0 Å². The minimum Gasteiger partial charge on any atom is -0.481 e. The lowest BCUT2D eigenvalue weighted by Gasteiger charge is -2.09. The second-order valence-electron chi connectivity index (χ2n) is 2.91. The van der Waals surface area contributed by atoms with Crippen LogP contribution in [0, 0.1) is 0 Å². The highest BCUT2D eigenvalue weighted by molar-refractivity contribution is 5.89. The summed E-state index contributed by atoms with van der Waals surface area (Å²) in [4.78, 5) is 10.7. The molecular weight excluding hydrogens is 172 g/mol. The molecule has 1 aromatic rings. The van der Waals surface area contributed by atoms with Gasteiger partial charge in [-0.15, -0.1) is 0 Å². The molecule has 1 rings (SSSR count). The van der Waals surface area contributed by atoms with Gasteiger partial charge in [-0.3, -0.25) is 0 Å². The van der Waals surface area contributed by atoms with Gasteiger partial charge in [0.25, 0.3) is 0 Å². The topological polar surface area (TPSA) is 64.3 Å². The molecule has 13 heavy (non-hydrogen) atoms. The van der Waals surface area contributed by atoms with Gasteiger partial charge in [0.15, 0.2) is 0 Å². The van der Waals surface area contributed by atoms with E-state index in [0.717, 1.165) is 0 Å². The van der Waals surface area contributed by atoms with E-state index in [0.29, 0.717) is 5.88 Å². The summed E-state index contributed by atoms with van der Waals surface area (Å²) >= 11 is 0. The van der Waals surface area contributed by atoms with E-state index in [1.807, 2.05) is 13.8 Å². The number of methoxy groups -OCH3 is 1. The monoisotopic (exact) mass is 184 g/mol. The molecule has 0 aliphatic heterocycles. The highest BCUT2D eigenvalue weighted by Crippen LogP contribution is 2.21. The fourth-order valence-electron chi connectivity index (χ4n) is 1.07. The number of rotatable bonds is 3. The number of ether oxygens (including phenoxy) is 1. The van der Waals surface area contributed by atoms with Crippen LogP contribution < -0.4 is 4.74 Å². The number of aromatic nitrogens is 2. The second kappa shape index (κ2) is 3.47. The summed E-state index contributed by atoms with van der Waals surface area (Å²) in [6.07, 6.45) is 1.29. The van der Waals surface area contributed by atoms with Gasteiger partial charge in [-0.1, -0.05) is 0 Å². The zero-order chi connectivity index (χ0) is 10.0. The summed E-state index contributed by atoms with van der Waals surface area (Å²) in [6.45, 7) is 3.81. The Labute approximate surface area is 75.9 Å². The van der Waals surface area contributed by atoms with Gasteiger partial charge in [0.1, 0.15) is 5.56 Å². The Morgan fingerprint density at radius 1 is 1.69 bits per heavy atom. The predicted octanol–water partition coefficient (Wildman–Crippen LogP) is 1.17. The second-order valence-corrected chi connectivity index (χ2v) is 2.91. The number of hydrogen-bond donors (Lipinski definition) is 1. The van der Waals surface area contributed by atoms with Crippen LogP contribution in [0.3, 0.4) is 0 Å². The molecule has 0 fully saturated rings. The Morgan fingerprint density at radius 2 is 2.31 bits per heavy atom. The summed E-state index contributed by atoms with van der Waals surface area (Å²) in [5.41, 5.74) is 0.0937. The number of aromatic carboxylic acids is 1. The van der Waals surface area contributed by atoms with Gasteiger partial charge >= 0.3 is 5.97 Å². The first kappa shape index (κ1) is 9.57. The maximum atomic E-state index is 10.7. The van der Waals surface area contributed by atoms with Gasteiger partial charge in [0.2, 0.25) is 5.88 Å². The van der Waals surface area contributed by atoms with E-state index in [1.54, 1.807) is 0 Å². The number of carbonyl (C=O) groups is 1. The standard InChI is InChI=1S/C8H12N2O3/c1-5(2)10-7(13-3)6(4-9-10)8(11)12/h4-5H,1-3H3,(H,11,12). The Balaban J connectivity index is 3.18. The average molecular weight is 184 g/mol. The van der Waals surface area contributed by atoms with Crippen LogP contribution in [0.15, 0.2) is 6.20 Å². The van der Waals surface area contributed by atoms with Crippen molar-refractivity contribution in [3.8, 4) is 5.88 Å². The van der Waals surface area contributed by atoms with Crippen LogP contribution in [0.5, 0.6) is 5.88 Å².